The molecule has 2 N–H and O–H groups in total. The van der Waals surface area contributed by atoms with Gasteiger partial charge in [0.15, 0.2) is 0 Å². The van der Waals surface area contributed by atoms with Crippen molar-refractivity contribution >= 4 is 32.8 Å². The van der Waals surface area contributed by atoms with Gasteiger partial charge in [-0.15, -0.1) is 0 Å². The standard InChI is InChI=1S/C9H8BrN3/c1-5-2-3-7(10)8-6(5)4-12-9(11)13-8/h2-4H,1H3,(H2,11,12,13). The van der Waals surface area contributed by atoms with Crippen molar-refractivity contribution in [3.05, 3.63) is 28.4 Å². The molecule has 3 nitrogen and oxygen atoms in total. The van der Waals surface area contributed by atoms with Crippen LogP contribution in [0.1, 0.15) is 5.56 Å². The Bertz CT molecular complexity index is 468. The first-order valence-electron chi connectivity index (χ1n) is 3.86. The summed E-state index contributed by atoms with van der Waals surface area (Å²) in [6.07, 6.45) is 1.75. The molecule has 2 rings (SSSR count). The zero-order chi connectivity index (χ0) is 9.42. The average molecular weight is 238 g/mol. The summed E-state index contributed by atoms with van der Waals surface area (Å²) in [5.41, 5.74) is 7.52. The molecule has 0 bridgehead atoms. The van der Waals surface area contributed by atoms with E-state index in [2.05, 4.69) is 25.9 Å². The Hall–Kier alpha value is -1.16. The minimum Gasteiger partial charge on any atom is -0.368 e. The first-order valence-corrected chi connectivity index (χ1v) is 4.65. The molecule has 0 atom stereocenters. The Kier molecular flexibility index (Phi) is 1.92. The number of hydrogen-bond donors (Lipinski definition) is 1. The van der Waals surface area contributed by atoms with Crippen LogP contribution in [0.2, 0.25) is 0 Å². The van der Waals surface area contributed by atoms with Gasteiger partial charge in [-0.2, -0.15) is 0 Å². The van der Waals surface area contributed by atoms with Crippen molar-refractivity contribution in [2.24, 2.45) is 0 Å². The molecule has 0 aliphatic rings. The third-order valence-electron chi connectivity index (χ3n) is 1.94. The maximum Gasteiger partial charge on any atom is 0.220 e. The predicted molar refractivity (Wildman–Crippen MR) is 56.4 cm³/mol. The molecule has 0 fully saturated rings. The predicted octanol–water partition coefficient (Wildman–Crippen LogP) is 2.28. The molecule has 1 heterocycles. The van der Waals surface area contributed by atoms with Gasteiger partial charge in [0.1, 0.15) is 0 Å². The molecule has 4 heteroatoms. The second-order valence-electron chi connectivity index (χ2n) is 2.85. The Morgan fingerprint density at radius 3 is 2.92 bits per heavy atom. The van der Waals surface area contributed by atoms with E-state index in [1.54, 1.807) is 6.20 Å². The van der Waals surface area contributed by atoms with Gasteiger partial charge in [-0.1, -0.05) is 6.07 Å². The molecule has 0 radical (unpaired) electrons. The highest BCUT2D eigenvalue weighted by molar-refractivity contribution is 9.10. The monoisotopic (exact) mass is 237 g/mol. The quantitative estimate of drug-likeness (QED) is 0.765. The second-order valence-corrected chi connectivity index (χ2v) is 3.71. The highest BCUT2D eigenvalue weighted by atomic mass is 79.9. The highest BCUT2D eigenvalue weighted by Crippen LogP contribution is 2.24. The SMILES string of the molecule is Cc1ccc(Br)c2nc(N)ncc12. The van der Waals surface area contributed by atoms with E-state index in [-0.39, 0.29) is 0 Å². The van der Waals surface area contributed by atoms with E-state index in [0.29, 0.717) is 5.95 Å². The summed E-state index contributed by atoms with van der Waals surface area (Å²) < 4.78 is 0.946. The summed E-state index contributed by atoms with van der Waals surface area (Å²) in [5.74, 6) is 0.304. The molecule has 0 aliphatic carbocycles. The largest absolute Gasteiger partial charge is 0.368 e. The molecule has 0 unspecified atom stereocenters. The lowest BCUT2D eigenvalue weighted by Crippen LogP contribution is -1.95. The van der Waals surface area contributed by atoms with Crippen molar-refractivity contribution in [2.45, 2.75) is 6.92 Å². The van der Waals surface area contributed by atoms with Crippen LogP contribution in [0, 0.1) is 6.92 Å². The number of nitrogen functional groups attached to an aromatic ring is 1. The van der Waals surface area contributed by atoms with Crippen molar-refractivity contribution < 1.29 is 0 Å². The van der Waals surface area contributed by atoms with Gasteiger partial charge in [-0.25, -0.2) is 9.97 Å². The molecule has 0 spiro atoms. The number of nitrogens with two attached hydrogens (primary N) is 1. The van der Waals surface area contributed by atoms with Crippen molar-refractivity contribution in [3.63, 3.8) is 0 Å². The maximum absolute atomic E-state index is 5.50. The van der Waals surface area contributed by atoms with Gasteiger partial charge in [-0.05, 0) is 34.5 Å². The Morgan fingerprint density at radius 1 is 1.38 bits per heavy atom. The molecule has 1 aromatic heterocycles. The summed E-state index contributed by atoms with van der Waals surface area (Å²) in [6.45, 7) is 2.02. The minimum atomic E-state index is 0.304. The molecule has 0 aliphatic heterocycles. The first kappa shape index (κ1) is 8.44. The molecule has 0 saturated carbocycles. The van der Waals surface area contributed by atoms with E-state index in [1.807, 2.05) is 19.1 Å². The van der Waals surface area contributed by atoms with Gasteiger partial charge in [0, 0.05) is 16.1 Å². The van der Waals surface area contributed by atoms with Gasteiger partial charge in [0.2, 0.25) is 5.95 Å². The average Bonchev–Trinajstić information content (AvgIpc) is 2.12. The summed E-state index contributed by atoms with van der Waals surface area (Å²) in [5, 5.41) is 1.03. The fourth-order valence-electron chi connectivity index (χ4n) is 1.23. The van der Waals surface area contributed by atoms with Crippen LogP contribution in [0.4, 0.5) is 5.95 Å². The third-order valence-corrected chi connectivity index (χ3v) is 2.58. The van der Waals surface area contributed by atoms with Crippen LogP contribution in [0.25, 0.3) is 10.9 Å². The Labute approximate surface area is 84.1 Å². The fraction of sp³-hybridized carbons (Fsp3) is 0.111. The van der Waals surface area contributed by atoms with Crippen molar-refractivity contribution in [3.8, 4) is 0 Å². The lowest BCUT2D eigenvalue weighted by Gasteiger charge is -2.02. The molecule has 0 saturated heterocycles. The number of anilines is 1. The van der Waals surface area contributed by atoms with Crippen LogP contribution in [-0.2, 0) is 0 Å². The normalized spacial score (nSPS) is 10.6. The molecule has 1 aromatic carbocycles. The summed E-state index contributed by atoms with van der Waals surface area (Å²) in [4.78, 5) is 8.11. The smallest absolute Gasteiger partial charge is 0.220 e. The number of nitrogens with zero attached hydrogens (tertiary/aromatic N) is 2. The van der Waals surface area contributed by atoms with E-state index >= 15 is 0 Å². The lowest BCUT2D eigenvalue weighted by atomic mass is 10.1. The first-order chi connectivity index (χ1) is 6.18. The number of fused-ring (bicyclic) bond motifs is 1. The third kappa shape index (κ3) is 1.37. The number of rotatable bonds is 0. The fourth-order valence-corrected chi connectivity index (χ4v) is 1.67. The zero-order valence-electron chi connectivity index (χ0n) is 7.08. The second kappa shape index (κ2) is 2.96. The number of aromatic nitrogens is 2. The van der Waals surface area contributed by atoms with Crippen LogP contribution in [0.3, 0.4) is 0 Å². The van der Waals surface area contributed by atoms with Gasteiger partial charge < -0.3 is 5.73 Å². The summed E-state index contributed by atoms with van der Waals surface area (Å²) in [7, 11) is 0. The van der Waals surface area contributed by atoms with E-state index in [4.69, 9.17) is 5.73 Å². The molecule has 66 valence electrons. The Morgan fingerprint density at radius 2 is 2.15 bits per heavy atom. The van der Waals surface area contributed by atoms with Gasteiger partial charge in [-0.3, -0.25) is 0 Å². The number of halogens is 1. The number of hydrogen-bond acceptors (Lipinski definition) is 3. The Balaban J connectivity index is 2.92. The van der Waals surface area contributed by atoms with Gasteiger partial charge >= 0.3 is 0 Å². The zero-order valence-corrected chi connectivity index (χ0v) is 8.67. The number of benzene rings is 1. The van der Waals surface area contributed by atoms with Crippen molar-refractivity contribution in [1.82, 2.24) is 9.97 Å². The van der Waals surface area contributed by atoms with E-state index in [1.165, 1.54) is 0 Å². The van der Waals surface area contributed by atoms with E-state index < -0.39 is 0 Å². The minimum absolute atomic E-state index is 0.304. The molecular formula is C9H8BrN3. The lowest BCUT2D eigenvalue weighted by molar-refractivity contribution is 1.23. The summed E-state index contributed by atoms with van der Waals surface area (Å²) >= 11 is 3.42. The van der Waals surface area contributed by atoms with Crippen molar-refractivity contribution in [2.75, 3.05) is 5.73 Å². The van der Waals surface area contributed by atoms with Crippen LogP contribution in [0.5, 0.6) is 0 Å². The molecular weight excluding hydrogens is 230 g/mol. The maximum atomic E-state index is 5.50. The van der Waals surface area contributed by atoms with Crippen LogP contribution in [-0.4, -0.2) is 9.97 Å². The van der Waals surface area contributed by atoms with Crippen LogP contribution in [0.15, 0.2) is 22.8 Å². The van der Waals surface area contributed by atoms with Crippen LogP contribution >= 0.6 is 15.9 Å². The molecule has 13 heavy (non-hydrogen) atoms. The molecule has 2 aromatic rings. The van der Waals surface area contributed by atoms with E-state index in [9.17, 15) is 0 Å². The van der Waals surface area contributed by atoms with Gasteiger partial charge in [0.25, 0.3) is 0 Å². The van der Waals surface area contributed by atoms with Crippen molar-refractivity contribution in [1.29, 1.82) is 0 Å². The number of aryl methyl sites for hydroxylation is 1. The van der Waals surface area contributed by atoms with Gasteiger partial charge in [0.05, 0.1) is 5.52 Å². The highest BCUT2D eigenvalue weighted by Gasteiger charge is 2.03. The topological polar surface area (TPSA) is 51.8 Å². The van der Waals surface area contributed by atoms with Crippen LogP contribution < -0.4 is 5.73 Å². The summed E-state index contributed by atoms with van der Waals surface area (Å²) in [6, 6.07) is 3.98. The van der Waals surface area contributed by atoms with E-state index in [0.717, 1.165) is 20.9 Å². The molecule has 0 amide bonds.